The van der Waals surface area contributed by atoms with Crippen LogP contribution in [0.25, 0.3) is 4.96 Å². The van der Waals surface area contributed by atoms with Crippen molar-refractivity contribution in [3.63, 3.8) is 0 Å². The van der Waals surface area contributed by atoms with Crippen molar-refractivity contribution in [2.24, 2.45) is 0 Å². The van der Waals surface area contributed by atoms with E-state index in [1.807, 2.05) is 4.90 Å². The lowest BCUT2D eigenvalue weighted by molar-refractivity contribution is 0.561. The molecule has 1 aliphatic heterocycles. The predicted octanol–water partition coefficient (Wildman–Crippen LogP) is 2.99. The van der Waals surface area contributed by atoms with Crippen molar-refractivity contribution in [2.75, 3.05) is 11.4 Å². The number of thiazole rings is 1. The average molecular weight is 333 g/mol. The lowest BCUT2D eigenvalue weighted by Gasteiger charge is -2.31. The molecule has 2 aromatic heterocycles. The molecule has 0 atom stereocenters. The zero-order chi connectivity index (χ0) is 16.0. The summed E-state index contributed by atoms with van der Waals surface area (Å²) in [4.78, 5) is 18.9. The second-order valence-electron chi connectivity index (χ2n) is 5.56. The molecule has 118 valence electrons. The molecule has 0 saturated heterocycles. The Bertz CT molecular complexity index is 950. The lowest BCUT2D eigenvalue weighted by Crippen LogP contribution is -2.31. The first-order valence-electron chi connectivity index (χ1n) is 7.30. The van der Waals surface area contributed by atoms with E-state index in [0.29, 0.717) is 41.4 Å². The standard InChI is InChI=1S/C16H13F2N3OS/c17-11-6-10-2-1-3-20(15(10)13(18)7-11)9-12-8-14(22)21-4-5-23-16(21)19-12/h4-8H,1-3,9H2. The summed E-state index contributed by atoms with van der Waals surface area (Å²) < 4.78 is 29.1. The van der Waals surface area contributed by atoms with Crippen molar-refractivity contribution in [2.45, 2.75) is 19.4 Å². The Morgan fingerprint density at radius 2 is 2.13 bits per heavy atom. The summed E-state index contributed by atoms with van der Waals surface area (Å²) in [7, 11) is 0. The van der Waals surface area contributed by atoms with Crippen LogP contribution >= 0.6 is 11.3 Å². The molecule has 0 bridgehead atoms. The average Bonchev–Trinajstić information content (AvgIpc) is 2.95. The van der Waals surface area contributed by atoms with Crippen LogP contribution < -0.4 is 10.5 Å². The van der Waals surface area contributed by atoms with Gasteiger partial charge in [0.1, 0.15) is 11.6 Å². The number of benzene rings is 1. The molecule has 0 aliphatic carbocycles. The van der Waals surface area contributed by atoms with E-state index < -0.39 is 11.6 Å². The molecule has 1 aliphatic rings. The quantitative estimate of drug-likeness (QED) is 0.723. The first kappa shape index (κ1) is 14.3. The molecular weight excluding hydrogens is 320 g/mol. The van der Waals surface area contributed by atoms with E-state index in [0.717, 1.165) is 12.5 Å². The Balaban J connectivity index is 1.74. The van der Waals surface area contributed by atoms with Crippen molar-refractivity contribution < 1.29 is 8.78 Å². The minimum Gasteiger partial charge on any atom is -0.363 e. The zero-order valence-electron chi connectivity index (χ0n) is 12.1. The second-order valence-corrected chi connectivity index (χ2v) is 6.43. The molecule has 1 aromatic carbocycles. The molecule has 3 aromatic rings. The van der Waals surface area contributed by atoms with E-state index in [-0.39, 0.29) is 5.56 Å². The van der Waals surface area contributed by atoms with E-state index in [1.54, 1.807) is 11.6 Å². The third-order valence-electron chi connectivity index (χ3n) is 4.01. The minimum atomic E-state index is -0.561. The number of anilines is 1. The van der Waals surface area contributed by atoms with Gasteiger partial charge in [-0.05, 0) is 24.5 Å². The normalized spacial score (nSPS) is 14.3. The van der Waals surface area contributed by atoms with Gasteiger partial charge in [-0.3, -0.25) is 9.20 Å². The fourth-order valence-corrected chi connectivity index (χ4v) is 3.80. The van der Waals surface area contributed by atoms with Gasteiger partial charge < -0.3 is 4.90 Å². The summed E-state index contributed by atoms with van der Waals surface area (Å²) in [5.41, 5.74) is 1.53. The molecule has 4 rings (SSSR count). The Labute approximate surface area is 134 Å². The number of nitrogens with zero attached hydrogens (tertiary/aromatic N) is 3. The molecule has 0 unspecified atom stereocenters. The van der Waals surface area contributed by atoms with E-state index in [9.17, 15) is 13.6 Å². The summed E-state index contributed by atoms with van der Waals surface area (Å²) in [5, 5.41) is 1.80. The molecule has 0 N–H and O–H groups in total. The second kappa shape index (κ2) is 5.42. The number of halogens is 2. The van der Waals surface area contributed by atoms with Crippen molar-refractivity contribution in [3.05, 3.63) is 63.0 Å². The highest BCUT2D eigenvalue weighted by Crippen LogP contribution is 2.31. The first-order valence-corrected chi connectivity index (χ1v) is 8.18. The van der Waals surface area contributed by atoms with E-state index >= 15 is 0 Å². The smallest absolute Gasteiger partial charge is 0.258 e. The van der Waals surface area contributed by atoms with Gasteiger partial charge in [0.2, 0.25) is 0 Å². The van der Waals surface area contributed by atoms with Crippen molar-refractivity contribution >= 4 is 22.0 Å². The molecule has 3 heterocycles. The topological polar surface area (TPSA) is 37.6 Å². The molecular formula is C16H13F2N3OS. The number of hydrogen-bond acceptors (Lipinski definition) is 4. The van der Waals surface area contributed by atoms with Crippen molar-refractivity contribution in [1.29, 1.82) is 0 Å². The summed E-state index contributed by atoms with van der Waals surface area (Å²) in [6.07, 6.45) is 3.15. The maximum absolute atomic E-state index is 14.2. The van der Waals surface area contributed by atoms with Gasteiger partial charge in [-0.15, -0.1) is 11.3 Å². The highest BCUT2D eigenvalue weighted by molar-refractivity contribution is 7.15. The maximum Gasteiger partial charge on any atom is 0.258 e. The van der Waals surface area contributed by atoms with Crippen LogP contribution in [0, 0.1) is 11.6 Å². The van der Waals surface area contributed by atoms with E-state index in [1.165, 1.54) is 27.9 Å². The van der Waals surface area contributed by atoms with Gasteiger partial charge in [0.15, 0.2) is 4.96 Å². The Hall–Kier alpha value is -2.28. The van der Waals surface area contributed by atoms with Crippen molar-refractivity contribution in [3.8, 4) is 0 Å². The largest absolute Gasteiger partial charge is 0.363 e. The van der Waals surface area contributed by atoms with E-state index in [2.05, 4.69) is 4.98 Å². The van der Waals surface area contributed by atoms with Gasteiger partial charge in [-0.25, -0.2) is 13.8 Å². The van der Waals surface area contributed by atoms with Gasteiger partial charge in [-0.2, -0.15) is 0 Å². The van der Waals surface area contributed by atoms with Gasteiger partial charge >= 0.3 is 0 Å². The summed E-state index contributed by atoms with van der Waals surface area (Å²) in [6, 6.07) is 3.76. The highest BCUT2D eigenvalue weighted by atomic mass is 32.1. The van der Waals surface area contributed by atoms with Crippen molar-refractivity contribution in [1.82, 2.24) is 9.38 Å². The van der Waals surface area contributed by atoms with Crippen LogP contribution in [0.3, 0.4) is 0 Å². The monoisotopic (exact) mass is 333 g/mol. The van der Waals surface area contributed by atoms with Crippen LogP contribution in [-0.2, 0) is 13.0 Å². The molecule has 23 heavy (non-hydrogen) atoms. The van der Waals surface area contributed by atoms with Crippen LogP contribution in [-0.4, -0.2) is 15.9 Å². The molecule has 7 heteroatoms. The van der Waals surface area contributed by atoms with Gasteiger partial charge in [0.25, 0.3) is 5.56 Å². The Morgan fingerprint density at radius 3 is 3.00 bits per heavy atom. The molecule has 0 spiro atoms. The Morgan fingerprint density at radius 1 is 1.26 bits per heavy atom. The Kier molecular flexibility index (Phi) is 3.37. The lowest BCUT2D eigenvalue weighted by atomic mass is 10.0. The third-order valence-corrected chi connectivity index (χ3v) is 4.76. The zero-order valence-corrected chi connectivity index (χ0v) is 12.9. The number of fused-ring (bicyclic) bond motifs is 2. The number of aryl methyl sites for hydroxylation is 1. The van der Waals surface area contributed by atoms with Crippen LogP contribution in [0.5, 0.6) is 0 Å². The van der Waals surface area contributed by atoms with Crippen LogP contribution in [0.4, 0.5) is 14.5 Å². The first-order chi connectivity index (χ1) is 11.1. The molecule has 0 radical (unpaired) electrons. The number of hydrogen-bond donors (Lipinski definition) is 0. The summed E-state index contributed by atoms with van der Waals surface area (Å²) >= 11 is 1.38. The fraction of sp³-hybridized carbons (Fsp3) is 0.250. The molecule has 0 amide bonds. The number of aromatic nitrogens is 2. The van der Waals surface area contributed by atoms with Crippen LogP contribution in [0.15, 0.2) is 34.6 Å². The fourth-order valence-electron chi connectivity index (χ4n) is 3.06. The predicted molar refractivity (Wildman–Crippen MR) is 85.1 cm³/mol. The van der Waals surface area contributed by atoms with Gasteiger partial charge in [0.05, 0.1) is 17.9 Å². The highest BCUT2D eigenvalue weighted by Gasteiger charge is 2.22. The molecule has 0 saturated carbocycles. The number of rotatable bonds is 2. The van der Waals surface area contributed by atoms with Gasteiger partial charge in [-0.1, -0.05) is 0 Å². The SMILES string of the molecule is O=c1cc(CN2CCCc3cc(F)cc(F)c32)nc2sccn12. The maximum atomic E-state index is 14.2. The third kappa shape index (κ3) is 2.50. The minimum absolute atomic E-state index is 0.150. The van der Waals surface area contributed by atoms with Crippen LogP contribution in [0.2, 0.25) is 0 Å². The summed E-state index contributed by atoms with van der Waals surface area (Å²) in [5.74, 6) is -1.12. The van der Waals surface area contributed by atoms with Gasteiger partial charge in [0, 0.05) is 30.3 Å². The van der Waals surface area contributed by atoms with E-state index in [4.69, 9.17) is 0 Å². The van der Waals surface area contributed by atoms with Crippen LogP contribution in [0.1, 0.15) is 17.7 Å². The molecule has 0 fully saturated rings. The molecule has 4 nitrogen and oxygen atoms in total. The summed E-state index contributed by atoms with van der Waals surface area (Å²) in [6.45, 7) is 0.986.